The Labute approximate surface area is 128 Å². The first-order valence-corrected chi connectivity index (χ1v) is 6.87. The lowest BCUT2D eigenvalue weighted by Gasteiger charge is -2.08. The van der Waals surface area contributed by atoms with Crippen LogP contribution in [-0.4, -0.2) is 26.2 Å². The average molecular weight is 306 g/mol. The van der Waals surface area contributed by atoms with Gasteiger partial charge in [-0.15, -0.1) is 0 Å². The number of halogens is 1. The van der Waals surface area contributed by atoms with Crippen LogP contribution in [0.1, 0.15) is 10.4 Å². The van der Waals surface area contributed by atoms with Crippen LogP contribution in [0.2, 0.25) is 5.02 Å². The minimum absolute atomic E-state index is 0.171. The van der Waals surface area contributed by atoms with Gasteiger partial charge in [0.25, 0.3) is 5.91 Å². The van der Waals surface area contributed by atoms with Crippen molar-refractivity contribution in [2.24, 2.45) is 0 Å². The Bertz CT molecular complexity index is 599. The summed E-state index contributed by atoms with van der Waals surface area (Å²) in [5.41, 5.74) is 0.534. The van der Waals surface area contributed by atoms with Gasteiger partial charge in [0.05, 0.1) is 13.7 Å². The summed E-state index contributed by atoms with van der Waals surface area (Å²) >= 11 is 5.84. The molecule has 4 nitrogen and oxygen atoms in total. The van der Waals surface area contributed by atoms with Gasteiger partial charge in [-0.3, -0.25) is 4.79 Å². The summed E-state index contributed by atoms with van der Waals surface area (Å²) in [5, 5.41) is 3.31. The average Bonchev–Trinajstić information content (AvgIpc) is 2.52. The molecule has 0 aliphatic heterocycles. The maximum absolute atomic E-state index is 11.8. The van der Waals surface area contributed by atoms with Gasteiger partial charge >= 0.3 is 0 Å². The molecular formula is C16H16ClNO3. The van der Waals surface area contributed by atoms with Crippen molar-refractivity contribution in [1.29, 1.82) is 0 Å². The molecule has 0 radical (unpaired) electrons. The van der Waals surface area contributed by atoms with Crippen molar-refractivity contribution in [3.8, 4) is 11.5 Å². The number of hydrogen-bond donors (Lipinski definition) is 1. The third kappa shape index (κ3) is 4.68. The monoisotopic (exact) mass is 305 g/mol. The lowest BCUT2D eigenvalue weighted by atomic mass is 10.2. The zero-order valence-corrected chi connectivity index (χ0v) is 12.4. The molecule has 0 fully saturated rings. The minimum Gasteiger partial charge on any atom is -0.497 e. The second-order valence-electron chi connectivity index (χ2n) is 4.29. The molecule has 2 rings (SSSR count). The van der Waals surface area contributed by atoms with E-state index in [0.29, 0.717) is 23.7 Å². The van der Waals surface area contributed by atoms with Crippen molar-refractivity contribution in [3.63, 3.8) is 0 Å². The summed E-state index contributed by atoms with van der Waals surface area (Å²) in [4.78, 5) is 11.8. The van der Waals surface area contributed by atoms with Gasteiger partial charge in [-0.05, 0) is 42.5 Å². The molecule has 0 heterocycles. The molecule has 0 saturated heterocycles. The summed E-state index contributed by atoms with van der Waals surface area (Å²) in [6.45, 7) is 0.802. The molecule has 0 aliphatic rings. The van der Waals surface area contributed by atoms with E-state index in [1.165, 1.54) is 0 Å². The fourth-order valence-electron chi connectivity index (χ4n) is 1.74. The van der Waals surface area contributed by atoms with Crippen LogP contribution in [0.4, 0.5) is 0 Å². The number of methoxy groups -OCH3 is 1. The Hall–Kier alpha value is -2.20. The zero-order chi connectivity index (χ0) is 15.1. The molecular weight excluding hydrogens is 290 g/mol. The van der Waals surface area contributed by atoms with Gasteiger partial charge < -0.3 is 14.8 Å². The number of carbonyl (C=O) groups excluding carboxylic acids is 1. The summed E-state index contributed by atoms with van der Waals surface area (Å²) in [6.07, 6.45) is 0. The molecule has 0 spiro atoms. The van der Waals surface area contributed by atoms with Crippen LogP contribution in [0.25, 0.3) is 0 Å². The van der Waals surface area contributed by atoms with Crippen LogP contribution < -0.4 is 14.8 Å². The quantitative estimate of drug-likeness (QED) is 0.834. The van der Waals surface area contributed by atoms with Gasteiger partial charge in [0.15, 0.2) is 0 Å². The second-order valence-corrected chi connectivity index (χ2v) is 4.73. The highest BCUT2D eigenvalue weighted by Gasteiger charge is 2.05. The normalized spacial score (nSPS) is 10.0. The van der Waals surface area contributed by atoms with Crippen LogP contribution in [0.15, 0.2) is 48.5 Å². The van der Waals surface area contributed by atoms with E-state index >= 15 is 0 Å². The lowest BCUT2D eigenvalue weighted by molar-refractivity contribution is 0.0947. The Kier molecular flexibility index (Phi) is 5.46. The predicted octanol–water partition coefficient (Wildman–Crippen LogP) is 3.16. The Morgan fingerprint density at radius 2 is 1.86 bits per heavy atom. The summed E-state index contributed by atoms with van der Waals surface area (Å²) in [7, 11) is 1.61. The molecule has 0 atom stereocenters. The smallest absolute Gasteiger partial charge is 0.251 e. The van der Waals surface area contributed by atoms with Gasteiger partial charge in [0.2, 0.25) is 0 Å². The fourth-order valence-corrected chi connectivity index (χ4v) is 1.93. The number of carbonyl (C=O) groups is 1. The van der Waals surface area contributed by atoms with Crippen molar-refractivity contribution < 1.29 is 14.3 Å². The van der Waals surface area contributed by atoms with Crippen molar-refractivity contribution in [3.05, 3.63) is 59.1 Å². The van der Waals surface area contributed by atoms with Gasteiger partial charge in [-0.1, -0.05) is 17.7 Å². The molecule has 2 aromatic carbocycles. The summed E-state index contributed by atoms with van der Waals surface area (Å²) in [6, 6.07) is 14.1. The standard InChI is InChI=1S/C16H16ClNO3/c1-20-14-5-7-15(8-6-14)21-10-9-18-16(19)12-3-2-4-13(17)11-12/h2-8,11H,9-10H2,1H3,(H,18,19). The zero-order valence-electron chi connectivity index (χ0n) is 11.6. The fraction of sp³-hybridized carbons (Fsp3) is 0.188. The van der Waals surface area contributed by atoms with Crippen molar-refractivity contribution in [2.75, 3.05) is 20.3 Å². The van der Waals surface area contributed by atoms with Crippen molar-refractivity contribution >= 4 is 17.5 Å². The SMILES string of the molecule is COc1ccc(OCCNC(=O)c2cccc(Cl)c2)cc1. The maximum atomic E-state index is 11.8. The van der Waals surface area contributed by atoms with E-state index in [9.17, 15) is 4.79 Å². The molecule has 1 amide bonds. The van der Waals surface area contributed by atoms with Crippen molar-refractivity contribution in [1.82, 2.24) is 5.32 Å². The largest absolute Gasteiger partial charge is 0.497 e. The first kappa shape index (κ1) is 15.2. The van der Waals surface area contributed by atoms with E-state index < -0.39 is 0 Å². The highest BCUT2D eigenvalue weighted by atomic mass is 35.5. The molecule has 0 unspecified atom stereocenters. The summed E-state index contributed by atoms with van der Waals surface area (Å²) in [5.74, 6) is 1.33. The topological polar surface area (TPSA) is 47.6 Å². The Morgan fingerprint density at radius 1 is 1.14 bits per heavy atom. The van der Waals surface area contributed by atoms with Crippen LogP contribution in [0.5, 0.6) is 11.5 Å². The van der Waals surface area contributed by atoms with E-state index in [1.807, 2.05) is 24.3 Å². The van der Waals surface area contributed by atoms with Gasteiger partial charge in [0.1, 0.15) is 18.1 Å². The Balaban J connectivity index is 1.75. The minimum atomic E-state index is -0.171. The molecule has 0 saturated carbocycles. The predicted molar refractivity (Wildman–Crippen MR) is 82.3 cm³/mol. The van der Waals surface area contributed by atoms with Crippen LogP contribution >= 0.6 is 11.6 Å². The van der Waals surface area contributed by atoms with Gasteiger partial charge in [-0.25, -0.2) is 0 Å². The van der Waals surface area contributed by atoms with E-state index in [0.717, 1.165) is 11.5 Å². The van der Waals surface area contributed by atoms with Crippen molar-refractivity contribution in [2.45, 2.75) is 0 Å². The van der Waals surface area contributed by atoms with Gasteiger partial charge in [-0.2, -0.15) is 0 Å². The van der Waals surface area contributed by atoms with Crippen LogP contribution in [0, 0.1) is 0 Å². The van der Waals surface area contributed by atoms with E-state index in [2.05, 4.69) is 5.32 Å². The highest BCUT2D eigenvalue weighted by molar-refractivity contribution is 6.30. The second kappa shape index (κ2) is 7.55. The third-order valence-corrected chi connectivity index (χ3v) is 3.04. The van der Waals surface area contributed by atoms with E-state index in [4.69, 9.17) is 21.1 Å². The molecule has 0 bridgehead atoms. The number of hydrogen-bond acceptors (Lipinski definition) is 3. The molecule has 1 N–H and O–H groups in total. The van der Waals surface area contributed by atoms with Gasteiger partial charge in [0, 0.05) is 10.6 Å². The summed E-state index contributed by atoms with van der Waals surface area (Å²) < 4.78 is 10.6. The number of benzene rings is 2. The number of rotatable bonds is 6. The number of nitrogens with one attached hydrogen (secondary N) is 1. The molecule has 2 aromatic rings. The molecule has 110 valence electrons. The maximum Gasteiger partial charge on any atom is 0.251 e. The van der Waals surface area contributed by atoms with E-state index in [-0.39, 0.29) is 5.91 Å². The third-order valence-electron chi connectivity index (χ3n) is 2.80. The van der Waals surface area contributed by atoms with E-state index in [1.54, 1.807) is 31.4 Å². The number of amides is 1. The highest BCUT2D eigenvalue weighted by Crippen LogP contribution is 2.16. The number of ether oxygens (including phenoxy) is 2. The molecule has 21 heavy (non-hydrogen) atoms. The first-order valence-electron chi connectivity index (χ1n) is 6.49. The lowest BCUT2D eigenvalue weighted by Crippen LogP contribution is -2.28. The van der Waals surface area contributed by atoms with Crippen LogP contribution in [0.3, 0.4) is 0 Å². The Morgan fingerprint density at radius 3 is 2.52 bits per heavy atom. The molecule has 0 aliphatic carbocycles. The molecule has 5 heteroatoms. The first-order chi connectivity index (χ1) is 10.2. The molecule has 0 aromatic heterocycles. The van der Waals surface area contributed by atoms with Crippen LogP contribution in [-0.2, 0) is 0 Å².